The predicted molar refractivity (Wildman–Crippen MR) is 111 cm³/mol. The molecular weight excluding hydrogens is 348 g/mol. The zero-order valence-corrected chi connectivity index (χ0v) is 18.6. The Labute approximate surface area is 170 Å². The van der Waals surface area contributed by atoms with Gasteiger partial charge in [-0.25, -0.2) is 0 Å². The van der Waals surface area contributed by atoms with Crippen molar-refractivity contribution in [1.82, 2.24) is 0 Å². The highest BCUT2D eigenvalue weighted by Crippen LogP contribution is 2.71. The average molecular weight is 387 g/mol. The Kier molecular flexibility index (Phi) is 4.64. The van der Waals surface area contributed by atoms with Crippen LogP contribution in [0.5, 0.6) is 0 Å². The maximum Gasteiger partial charge on any atom is 0.302 e. The van der Waals surface area contributed by atoms with Gasteiger partial charge in [-0.15, -0.1) is 0 Å². The summed E-state index contributed by atoms with van der Waals surface area (Å²) < 4.78 is 5.56. The SMILES string of the molecule is CC(=O)O[C@@H]1CC[C@]2(C)C(=CC[C@H]3[C@@H]4C[C@@H](C)[C@](C)(C(C)=O)[C@@]4(C)CC[C@@H]32)C1. The van der Waals surface area contributed by atoms with Crippen LogP contribution in [0.3, 0.4) is 0 Å². The molecule has 0 radical (unpaired) electrons. The van der Waals surface area contributed by atoms with Crippen molar-refractivity contribution in [2.75, 3.05) is 0 Å². The molecule has 0 aliphatic heterocycles. The van der Waals surface area contributed by atoms with Gasteiger partial charge < -0.3 is 4.74 Å². The van der Waals surface area contributed by atoms with Gasteiger partial charge in [0.2, 0.25) is 0 Å². The summed E-state index contributed by atoms with van der Waals surface area (Å²) in [6, 6.07) is 0. The van der Waals surface area contributed by atoms with Crippen LogP contribution >= 0.6 is 0 Å². The number of carbonyl (C=O) groups is 2. The van der Waals surface area contributed by atoms with Crippen molar-refractivity contribution in [3.05, 3.63) is 11.6 Å². The molecule has 0 bridgehead atoms. The van der Waals surface area contributed by atoms with Crippen molar-refractivity contribution in [2.24, 2.45) is 39.9 Å². The maximum absolute atomic E-state index is 12.8. The Morgan fingerprint density at radius 1 is 1.07 bits per heavy atom. The minimum Gasteiger partial charge on any atom is -0.462 e. The van der Waals surface area contributed by atoms with Gasteiger partial charge in [-0.05, 0) is 80.0 Å². The van der Waals surface area contributed by atoms with Gasteiger partial charge in [0.1, 0.15) is 11.9 Å². The molecular formula is C25H38O3. The van der Waals surface area contributed by atoms with E-state index in [1.54, 1.807) is 0 Å². The molecule has 0 amide bonds. The zero-order valence-electron chi connectivity index (χ0n) is 18.6. The number of allylic oxidation sites excluding steroid dienone is 1. The first-order valence-electron chi connectivity index (χ1n) is 11.4. The lowest BCUT2D eigenvalue weighted by atomic mass is 9.45. The van der Waals surface area contributed by atoms with E-state index in [0.29, 0.717) is 29.5 Å². The standard InChI is InChI=1S/C25H38O3/c1-15-13-22-20-8-7-18-14-19(28-17(3)27)9-11-23(18,4)21(20)10-12-24(22,5)25(15,6)16(2)26/h7,15,19-22H,8-14H2,1-6H3/t15-,19-,20-,21+,22+,23-,24+,25-/m1/s1. The molecule has 0 aromatic rings. The van der Waals surface area contributed by atoms with Gasteiger partial charge in [-0.3, -0.25) is 9.59 Å². The van der Waals surface area contributed by atoms with Crippen molar-refractivity contribution in [3.63, 3.8) is 0 Å². The molecule has 8 atom stereocenters. The smallest absolute Gasteiger partial charge is 0.302 e. The lowest BCUT2D eigenvalue weighted by molar-refractivity contribution is -0.150. The molecule has 0 N–H and O–H groups in total. The first kappa shape index (κ1) is 20.2. The molecule has 4 rings (SSSR count). The third-order valence-corrected chi connectivity index (χ3v) is 10.3. The van der Waals surface area contributed by atoms with Crippen LogP contribution in [-0.2, 0) is 14.3 Å². The minimum atomic E-state index is -0.180. The summed E-state index contributed by atoms with van der Waals surface area (Å²) in [5.74, 6) is 2.77. The van der Waals surface area contributed by atoms with Crippen LogP contribution in [0.4, 0.5) is 0 Å². The summed E-state index contributed by atoms with van der Waals surface area (Å²) in [5.41, 5.74) is 1.74. The minimum absolute atomic E-state index is 0.0646. The van der Waals surface area contributed by atoms with Crippen molar-refractivity contribution >= 4 is 11.8 Å². The third kappa shape index (κ3) is 2.53. The van der Waals surface area contributed by atoms with E-state index in [-0.39, 0.29) is 28.3 Å². The average Bonchev–Trinajstić information content (AvgIpc) is 2.83. The highest BCUT2D eigenvalue weighted by atomic mass is 16.5. The van der Waals surface area contributed by atoms with Gasteiger partial charge in [-0.1, -0.05) is 39.3 Å². The number of ether oxygens (including phenoxy) is 1. The Balaban J connectivity index is 1.64. The number of hydrogen-bond donors (Lipinski definition) is 0. The van der Waals surface area contributed by atoms with Crippen molar-refractivity contribution in [3.8, 4) is 0 Å². The molecule has 4 aliphatic carbocycles. The largest absolute Gasteiger partial charge is 0.462 e. The second kappa shape index (κ2) is 6.44. The van der Waals surface area contributed by atoms with Crippen LogP contribution in [0.25, 0.3) is 0 Å². The quantitative estimate of drug-likeness (QED) is 0.450. The van der Waals surface area contributed by atoms with Crippen LogP contribution < -0.4 is 0 Å². The Morgan fingerprint density at radius 2 is 1.79 bits per heavy atom. The van der Waals surface area contributed by atoms with E-state index in [0.717, 1.165) is 25.7 Å². The molecule has 0 saturated heterocycles. The molecule has 4 aliphatic rings. The molecule has 0 unspecified atom stereocenters. The van der Waals surface area contributed by atoms with E-state index in [2.05, 4.69) is 33.8 Å². The Hall–Kier alpha value is -1.12. The van der Waals surface area contributed by atoms with Crippen LogP contribution in [0.1, 0.15) is 86.5 Å². The number of esters is 1. The molecule has 3 heteroatoms. The summed E-state index contributed by atoms with van der Waals surface area (Å²) in [4.78, 5) is 24.2. The molecule has 0 aromatic heterocycles. The highest BCUT2D eigenvalue weighted by molar-refractivity contribution is 5.83. The first-order chi connectivity index (χ1) is 13.0. The zero-order chi connectivity index (χ0) is 20.5. The maximum atomic E-state index is 12.8. The molecule has 28 heavy (non-hydrogen) atoms. The van der Waals surface area contributed by atoms with Gasteiger partial charge in [0.25, 0.3) is 0 Å². The number of fused-ring (bicyclic) bond motifs is 5. The van der Waals surface area contributed by atoms with Crippen LogP contribution in [0.2, 0.25) is 0 Å². The molecule has 3 saturated carbocycles. The number of rotatable bonds is 2. The van der Waals surface area contributed by atoms with E-state index in [4.69, 9.17) is 4.74 Å². The summed E-state index contributed by atoms with van der Waals surface area (Å²) in [5, 5.41) is 0. The lowest BCUT2D eigenvalue weighted by Gasteiger charge is -2.59. The molecule has 0 spiro atoms. The predicted octanol–water partition coefficient (Wildman–Crippen LogP) is 5.72. The lowest BCUT2D eigenvalue weighted by Crippen LogP contribution is -2.53. The summed E-state index contributed by atoms with van der Waals surface area (Å²) >= 11 is 0. The van der Waals surface area contributed by atoms with E-state index in [1.807, 2.05) is 6.92 Å². The second-order valence-electron chi connectivity index (χ2n) is 11.1. The van der Waals surface area contributed by atoms with E-state index < -0.39 is 0 Å². The number of ketones is 1. The molecule has 0 heterocycles. The fraction of sp³-hybridized carbons (Fsp3) is 0.840. The third-order valence-electron chi connectivity index (χ3n) is 10.3. The van der Waals surface area contributed by atoms with Gasteiger partial charge in [0, 0.05) is 18.8 Å². The van der Waals surface area contributed by atoms with Gasteiger partial charge in [0.05, 0.1) is 0 Å². The van der Waals surface area contributed by atoms with E-state index >= 15 is 0 Å². The molecule has 3 fully saturated rings. The highest BCUT2D eigenvalue weighted by Gasteiger charge is 2.66. The number of Topliss-reactive ketones (excluding diaryl/α,β-unsaturated/α-hetero) is 1. The van der Waals surface area contributed by atoms with Crippen LogP contribution in [0.15, 0.2) is 11.6 Å². The van der Waals surface area contributed by atoms with E-state index in [9.17, 15) is 9.59 Å². The van der Waals surface area contributed by atoms with Crippen LogP contribution in [-0.4, -0.2) is 17.9 Å². The normalized spacial score (nSPS) is 50.1. The molecule has 0 aromatic carbocycles. The molecule has 156 valence electrons. The van der Waals surface area contributed by atoms with Crippen molar-refractivity contribution in [1.29, 1.82) is 0 Å². The number of carbonyl (C=O) groups excluding carboxylic acids is 2. The van der Waals surface area contributed by atoms with Crippen molar-refractivity contribution < 1.29 is 14.3 Å². The monoisotopic (exact) mass is 386 g/mol. The second-order valence-corrected chi connectivity index (χ2v) is 11.1. The Morgan fingerprint density at radius 3 is 2.43 bits per heavy atom. The van der Waals surface area contributed by atoms with E-state index in [1.165, 1.54) is 31.8 Å². The van der Waals surface area contributed by atoms with Gasteiger partial charge in [0.15, 0.2) is 0 Å². The fourth-order valence-electron chi connectivity index (χ4n) is 8.29. The fourth-order valence-corrected chi connectivity index (χ4v) is 8.29. The Bertz CT molecular complexity index is 723. The molecule has 3 nitrogen and oxygen atoms in total. The van der Waals surface area contributed by atoms with Crippen LogP contribution in [0, 0.1) is 39.9 Å². The summed E-state index contributed by atoms with van der Waals surface area (Å²) in [7, 11) is 0. The van der Waals surface area contributed by atoms with Crippen molar-refractivity contribution in [2.45, 2.75) is 92.6 Å². The van der Waals surface area contributed by atoms with Gasteiger partial charge in [-0.2, -0.15) is 0 Å². The topological polar surface area (TPSA) is 43.4 Å². The number of hydrogen-bond acceptors (Lipinski definition) is 3. The first-order valence-corrected chi connectivity index (χ1v) is 11.4. The summed E-state index contributed by atoms with van der Waals surface area (Å²) in [6.07, 6.45) is 10.3. The summed E-state index contributed by atoms with van der Waals surface area (Å²) in [6.45, 7) is 12.8. The van der Waals surface area contributed by atoms with Gasteiger partial charge >= 0.3 is 5.97 Å².